The molecular weight excluding hydrogens is 354 g/mol. The average Bonchev–Trinajstić information content (AvgIpc) is 3.09. The van der Waals surface area contributed by atoms with E-state index >= 15 is 0 Å². The van der Waals surface area contributed by atoms with Gasteiger partial charge in [-0.05, 0) is 61.8 Å². The van der Waals surface area contributed by atoms with E-state index in [4.69, 9.17) is 4.42 Å². The fourth-order valence-corrected chi connectivity index (χ4v) is 3.34. The smallest absolute Gasteiger partial charge is 0.291 e. The van der Waals surface area contributed by atoms with Crippen LogP contribution in [-0.2, 0) is 5.60 Å². The van der Waals surface area contributed by atoms with Gasteiger partial charge >= 0.3 is 0 Å². The summed E-state index contributed by atoms with van der Waals surface area (Å²) in [6.07, 6.45) is 1.22. The number of rotatable bonds is 3. The number of aliphatic hydroxyl groups is 1. The van der Waals surface area contributed by atoms with Crippen LogP contribution in [0.3, 0.4) is 0 Å². The van der Waals surface area contributed by atoms with Gasteiger partial charge < -0.3 is 20.2 Å². The number of carbonyl (C=O) groups excluding carboxylic acids is 1. The van der Waals surface area contributed by atoms with E-state index in [1.807, 2.05) is 6.07 Å². The van der Waals surface area contributed by atoms with Gasteiger partial charge in [0.15, 0.2) is 17.4 Å². The largest absolute Gasteiger partial charge is 0.451 e. The normalized spacial score (nSPS) is 16.4. The molecule has 140 valence electrons. The molecule has 3 aromatic rings. The molecule has 2 heterocycles. The predicted molar refractivity (Wildman–Crippen MR) is 96.5 cm³/mol. The Kier molecular flexibility index (Phi) is 4.41. The number of furan rings is 1. The number of amides is 1. The van der Waals surface area contributed by atoms with E-state index in [2.05, 4.69) is 10.6 Å². The molecule has 0 unspecified atom stereocenters. The average molecular weight is 372 g/mol. The summed E-state index contributed by atoms with van der Waals surface area (Å²) in [5.41, 5.74) is 0.519. The monoisotopic (exact) mass is 372 g/mol. The molecule has 3 N–H and O–H groups in total. The maximum atomic E-state index is 13.3. The quantitative estimate of drug-likeness (QED) is 0.658. The molecule has 0 atom stereocenters. The van der Waals surface area contributed by atoms with Crippen LogP contribution in [0.25, 0.3) is 11.0 Å². The molecule has 0 radical (unpaired) electrons. The number of benzene rings is 2. The van der Waals surface area contributed by atoms with Gasteiger partial charge in [0.1, 0.15) is 5.58 Å². The Balaban J connectivity index is 1.59. The molecule has 1 aromatic heterocycles. The fraction of sp³-hybridized carbons (Fsp3) is 0.250. The van der Waals surface area contributed by atoms with E-state index in [0.29, 0.717) is 23.8 Å². The van der Waals surface area contributed by atoms with Gasteiger partial charge in [-0.2, -0.15) is 0 Å². The van der Waals surface area contributed by atoms with Crippen molar-refractivity contribution in [2.45, 2.75) is 18.4 Å². The third-order valence-corrected chi connectivity index (χ3v) is 4.89. The lowest BCUT2D eigenvalue weighted by molar-refractivity contribution is 0.00605. The molecule has 1 aliphatic rings. The molecular formula is C20H18F2N2O3. The Morgan fingerprint density at radius 1 is 1.07 bits per heavy atom. The van der Waals surface area contributed by atoms with Crippen molar-refractivity contribution in [2.24, 2.45) is 0 Å². The van der Waals surface area contributed by atoms with E-state index in [-0.39, 0.29) is 11.4 Å². The maximum Gasteiger partial charge on any atom is 0.291 e. The SMILES string of the molecule is O=C(Nc1ccc(F)c(F)c1)c1cc2cc(C3(O)CCNCC3)ccc2o1. The molecule has 4 rings (SSSR count). The molecule has 5 nitrogen and oxygen atoms in total. The fourth-order valence-electron chi connectivity index (χ4n) is 3.34. The molecule has 0 spiro atoms. The van der Waals surface area contributed by atoms with Crippen molar-refractivity contribution < 1.29 is 23.1 Å². The zero-order valence-corrected chi connectivity index (χ0v) is 14.4. The second kappa shape index (κ2) is 6.75. The Hall–Kier alpha value is -2.77. The van der Waals surface area contributed by atoms with E-state index in [9.17, 15) is 18.7 Å². The van der Waals surface area contributed by atoms with Crippen LogP contribution in [0.15, 0.2) is 46.9 Å². The van der Waals surface area contributed by atoms with E-state index in [0.717, 1.165) is 30.8 Å². The van der Waals surface area contributed by atoms with Crippen molar-refractivity contribution in [3.05, 3.63) is 65.4 Å². The summed E-state index contributed by atoms with van der Waals surface area (Å²) in [4.78, 5) is 12.4. The Morgan fingerprint density at radius 2 is 1.85 bits per heavy atom. The van der Waals surface area contributed by atoms with Gasteiger partial charge in [0.25, 0.3) is 5.91 Å². The lowest BCUT2D eigenvalue weighted by atomic mass is 9.85. The summed E-state index contributed by atoms with van der Waals surface area (Å²) in [6.45, 7) is 1.48. The molecule has 7 heteroatoms. The van der Waals surface area contributed by atoms with E-state index in [1.165, 1.54) is 6.07 Å². The van der Waals surface area contributed by atoms with Gasteiger partial charge in [-0.3, -0.25) is 4.79 Å². The third-order valence-electron chi connectivity index (χ3n) is 4.89. The summed E-state index contributed by atoms with van der Waals surface area (Å²) >= 11 is 0. The Morgan fingerprint density at radius 3 is 2.59 bits per heavy atom. The van der Waals surface area contributed by atoms with Crippen LogP contribution in [0.1, 0.15) is 29.0 Å². The number of hydrogen-bond acceptors (Lipinski definition) is 4. The van der Waals surface area contributed by atoms with Crippen LogP contribution in [0.4, 0.5) is 14.5 Å². The predicted octanol–water partition coefficient (Wildman–Crippen LogP) is 3.53. The maximum absolute atomic E-state index is 13.3. The number of anilines is 1. The first-order chi connectivity index (χ1) is 12.9. The lowest BCUT2D eigenvalue weighted by Crippen LogP contribution is -2.39. The van der Waals surface area contributed by atoms with Crippen LogP contribution in [0.5, 0.6) is 0 Å². The molecule has 27 heavy (non-hydrogen) atoms. The van der Waals surface area contributed by atoms with Gasteiger partial charge in [-0.1, -0.05) is 6.07 Å². The molecule has 0 bridgehead atoms. The zero-order chi connectivity index (χ0) is 19.0. The highest BCUT2D eigenvalue weighted by atomic mass is 19.2. The highest BCUT2D eigenvalue weighted by Gasteiger charge is 2.31. The number of hydrogen-bond donors (Lipinski definition) is 3. The van der Waals surface area contributed by atoms with Crippen molar-refractivity contribution >= 4 is 22.6 Å². The summed E-state index contributed by atoms with van der Waals surface area (Å²) in [5, 5.41) is 17.2. The van der Waals surface area contributed by atoms with Crippen LogP contribution in [0, 0.1) is 11.6 Å². The standard InChI is InChI=1S/C20H18F2N2O3/c21-15-3-2-14(11-16(15)22)24-19(25)18-10-12-9-13(1-4-17(12)27-18)20(26)5-7-23-8-6-20/h1-4,9-11,23,26H,5-8H2,(H,24,25). The number of piperidine rings is 1. The van der Waals surface area contributed by atoms with Crippen LogP contribution in [-0.4, -0.2) is 24.1 Å². The number of fused-ring (bicyclic) bond motifs is 1. The lowest BCUT2D eigenvalue weighted by Gasteiger charge is -2.33. The van der Waals surface area contributed by atoms with Gasteiger partial charge in [0.2, 0.25) is 0 Å². The van der Waals surface area contributed by atoms with Gasteiger partial charge in [-0.15, -0.1) is 0 Å². The topological polar surface area (TPSA) is 74.5 Å². The molecule has 1 saturated heterocycles. The van der Waals surface area contributed by atoms with Crippen molar-refractivity contribution in [3.63, 3.8) is 0 Å². The second-order valence-electron chi connectivity index (χ2n) is 6.73. The molecule has 2 aromatic carbocycles. The van der Waals surface area contributed by atoms with Crippen molar-refractivity contribution in [2.75, 3.05) is 18.4 Å². The second-order valence-corrected chi connectivity index (χ2v) is 6.73. The van der Waals surface area contributed by atoms with Gasteiger partial charge in [0.05, 0.1) is 5.60 Å². The summed E-state index contributed by atoms with van der Waals surface area (Å²) in [7, 11) is 0. The first-order valence-electron chi connectivity index (χ1n) is 8.68. The van der Waals surface area contributed by atoms with Crippen molar-refractivity contribution in [1.82, 2.24) is 5.32 Å². The van der Waals surface area contributed by atoms with Crippen LogP contribution >= 0.6 is 0 Å². The number of nitrogens with one attached hydrogen (secondary N) is 2. The Bertz CT molecular complexity index is 1010. The first kappa shape index (κ1) is 17.6. The van der Waals surface area contributed by atoms with Crippen LogP contribution in [0.2, 0.25) is 0 Å². The van der Waals surface area contributed by atoms with Crippen molar-refractivity contribution in [1.29, 1.82) is 0 Å². The summed E-state index contributed by atoms with van der Waals surface area (Å²) < 4.78 is 31.8. The molecule has 0 saturated carbocycles. The minimum atomic E-state index is -1.04. The van der Waals surface area contributed by atoms with E-state index in [1.54, 1.807) is 18.2 Å². The number of halogens is 2. The highest BCUT2D eigenvalue weighted by molar-refractivity contribution is 6.04. The minimum Gasteiger partial charge on any atom is -0.451 e. The zero-order valence-electron chi connectivity index (χ0n) is 14.4. The van der Waals surface area contributed by atoms with Crippen LogP contribution < -0.4 is 10.6 Å². The third kappa shape index (κ3) is 3.43. The first-order valence-corrected chi connectivity index (χ1v) is 8.68. The van der Waals surface area contributed by atoms with Gasteiger partial charge in [-0.25, -0.2) is 8.78 Å². The molecule has 0 aliphatic carbocycles. The molecule has 1 amide bonds. The minimum absolute atomic E-state index is 0.0455. The van der Waals surface area contributed by atoms with Crippen molar-refractivity contribution in [3.8, 4) is 0 Å². The summed E-state index contributed by atoms with van der Waals surface area (Å²) in [6, 6.07) is 10.0. The van der Waals surface area contributed by atoms with Gasteiger partial charge in [0, 0.05) is 17.1 Å². The molecule has 1 aliphatic heterocycles. The Labute approximate surface area is 154 Å². The number of carbonyl (C=O) groups is 1. The molecule has 1 fully saturated rings. The summed E-state index contributed by atoms with van der Waals surface area (Å²) in [5.74, 6) is -2.55. The highest BCUT2D eigenvalue weighted by Crippen LogP contribution is 2.33. The van der Waals surface area contributed by atoms with E-state index < -0.39 is 23.1 Å².